The molecule has 14 nitrogen and oxygen atoms in total. The van der Waals surface area contributed by atoms with Crippen LogP contribution >= 0.6 is 0 Å². The third kappa shape index (κ3) is 6.84. The molecule has 4 bridgehead atoms. The molecule has 2 unspecified atom stereocenters. The summed E-state index contributed by atoms with van der Waals surface area (Å²) < 4.78 is 11.0. The van der Waals surface area contributed by atoms with Crippen molar-refractivity contribution >= 4 is 11.6 Å². The van der Waals surface area contributed by atoms with Crippen LogP contribution in [0.4, 0.5) is 0 Å². The van der Waals surface area contributed by atoms with E-state index in [4.69, 9.17) is 9.47 Å². The SMILES string of the molecule is CC1=C2[C@@H](O)C(=O)[C@@]3(C)[C@H]([C@H](C)[C@](O)(CC1O)C2(C)C)[C@]1(O)CO[C@@H]1C[C@@H]3O.CC1=C2[C@@H](O)C(=O)[C@@]3(C)[C@H]([C@H](C)[C@](O)(CC1O)C2(C)C)[C@]1(O)CO[C@@H]1C[C@@H]3O.[Ac].[Ac].[Ac]. The predicted octanol–water partition coefficient (Wildman–Crippen LogP) is -0.157. The maximum atomic E-state index is 13.6. The molecule has 0 spiro atoms. The van der Waals surface area contributed by atoms with E-state index in [1.165, 1.54) is 0 Å². The van der Waals surface area contributed by atoms with Crippen LogP contribution in [0.2, 0.25) is 0 Å². The van der Waals surface area contributed by atoms with Gasteiger partial charge in [0.15, 0.2) is 11.6 Å². The van der Waals surface area contributed by atoms with E-state index < -0.39 is 128 Å². The first kappa shape index (κ1) is 54.3. The van der Waals surface area contributed by atoms with Gasteiger partial charge in [-0.15, -0.1) is 0 Å². The smallest absolute Gasteiger partial charge is 0.174 e. The first-order valence-corrected chi connectivity index (χ1v) is 20.2. The Morgan fingerprint density at radius 2 is 0.831 bits per heavy atom. The Kier molecular flexibility index (Phi) is 15.7. The second-order valence-electron chi connectivity index (χ2n) is 20.4. The van der Waals surface area contributed by atoms with Crippen LogP contribution in [0.3, 0.4) is 0 Å². The summed E-state index contributed by atoms with van der Waals surface area (Å²) in [4.78, 5) is 27.2. The van der Waals surface area contributed by atoms with E-state index in [-0.39, 0.29) is 171 Å². The van der Waals surface area contributed by atoms with Gasteiger partial charge in [-0.3, -0.25) is 9.59 Å². The van der Waals surface area contributed by atoms with E-state index in [0.29, 0.717) is 22.3 Å². The van der Waals surface area contributed by atoms with Crippen LogP contribution in [-0.2, 0) is 19.1 Å². The number of aliphatic hydroxyl groups is 10. The quantitative estimate of drug-likeness (QED) is 0.142. The minimum atomic E-state index is -1.58. The fraction of sp³-hybridized carbons (Fsp3) is 0.857. The number of hydrogen-bond donors (Lipinski definition) is 10. The van der Waals surface area contributed by atoms with Gasteiger partial charge in [0.2, 0.25) is 0 Å². The molecular formula is C42H64Ac3O14. The van der Waals surface area contributed by atoms with Crippen molar-refractivity contribution in [3.05, 3.63) is 22.3 Å². The fourth-order valence-electron chi connectivity index (χ4n) is 14.0. The summed E-state index contributed by atoms with van der Waals surface area (Å²) in [6.07, 6.45) is -8.39. The summed E-state index contributed by atoms with van der Waals surface area (Å²) >= 11 is 0. The van der Waals surface area contributed by atoms with Gasteiger partial charge in [0, 0.05) is 181 Å². The van der Waals surface area contributed by atoms with Gasteiger partial charge in [-0.2, -0.15) is 0 Å². The molecule has 3 radical (unpaired) electrons. The minimum Gasteiger partial charge on any atom is -0.392 e. The number of rotatable bonds is 0. The molecule has 4 saturated carbocycles. The molecule has 325 valence electrons. The van der Waals surface area contributed by atoms with E-state index in [9.17, 15) is 60.7 Å². The molecule has 6 aliphatic carbocycles. The molecular weight excluding hydrogens is 1410 g/mol. The fourth-order valence-corrected chi connectivity index (χ4v) is 14.0. The van der Waals surface area contributed by atoms with Crippen molar-refractivity contribution in [3.63, 3.8) is 0 Å². The molecule has 2 heterocycles. The average Bonchev–Trinajstić information content (AvgIpc) is 3.10. The summed E-state index contributed by atoms with van der Waals surface area (Å²) in [5.74, 6) is -4.10. The number of ether oxygens (including phenoxy) is 2. The second-order valence-corrected chi connectivity index (χ2v) is 20.4. The molecule has 8 rings (SSSR count). The van der Waals surface area contributed by atoms with Crippen LogP contribution in [0.5, 0.6) is 0 Å². The van der Waals surface area contributed by atoms with Gasteiger partial charge in [0.25, 0.3) is 0 Å². The number of aliphatic hydroxyl groups excluding tert-OH is 6. The Balaban J connectivity index is 0.000000248. The Morgan fingerprint density at radius 3 is 1.08 bits per heavy atom. The molecule has 6 fully saturated rings. The zero-order chi connectivity index (χ0) is 42.0. The van der Waals surface area contributed by atoms with Crippen molar-refractivity contribution in [1.29, 1.82) is 0 Å². The van der Waals surface area contributed by atoms with Gasteiger partial charge in [-0.1, -0.05) is 41.5 Å². The largest absolute Gasteiger partial charge is 0.392 e. The molecule has 0 amide bonds. The van der Waals surface area contributed by atoms with Crippen molar-refractivity contribution in [2.24, 2.45) is 45.3 Å². The minimum absolute atomic E-state index is 0. The van der Waals surface area contributed by atoms with E-state index in [1.807, 2.05) is 0 Å². The standard InChI is InChI=1S/2C21H32O7.3Ac/c2*1-9-11(22)7-21(27)10(2)16-19(5,12(23)6-13-20(16,26)8-28-13)17(25)15(24)14(9)18(21,3)4;;;/h2*10-13,15-16,22-24,26-27H,6-8H2,1-5H3;;;/t2*10-,11?,12-,13+,15+,16-,19+,20-,21+;;;/m00.../s1. The zero-order valence-electron chi connectivity index (χ0n) is 36.0. The van der Waals surface area contributed by atoms with Crippen molar-refractivity contribution < 1.29 is 202 Å². The number of ketones is 2. The van der Waals surface area contributed by atoms with Crippen LogP contribution in [0.25, 0.3) is 0 Å². The molecule has 2 saturated heterocycles. The topological polar surface area (TPSA) is 255 Å². The normalized spacial score (nSPS) is 52.7. The zero-order valence-corrected chi connectivity index (χ0v) is 50.2. The molecule has 10 N–H and O–H groups in total. The van der Waals surface area contributed by atoms with Gasteiger partial charge < -0.3 is 60.5 Å². The van der Waals surface area contributed by atoms with Gasteiger partial charge in [-0.25, -0.2) is 0 Å². The van der Waals surface area contributed by atoms with Gasteiger partial charge >= 0.3 is 0 Å². The van der Waals surface area contributed by atoms with Crippen LogP contribution in [0.15, 0.2) is 22.3 Å². The molecule has 18 atom stereocenters. The van der Waals surface area contributed by atoms with E-state index in [0.717, 1.165) is 0 Å². The van der Waals surface area contributed by atoms with Crippen molar-refractivity contribution in [1.82, 2.24) is 0 Å². The molecule has 8 aliphatic rings. The Morgan fingerprint density at radius 1 is 0.542 bits per heavy atom. The predicted molar refractivity (Wildman–Crippen MR) is 198 cm³/mol. The summed E-state index contributed by atoms with van der Waals surface area (Å²) in [6.45, 7) is 17.2. The molecule has 17 heteroatoms. The molecule has 0 aromatic heterocycles. The van der Waals surface area contributed by atoms with Crippen molar-refractivity contribution in [3.8, 4) is 0 Å². The monoisotopic (exact) mass is 1470 g/mol. The van der Waals surface area contributed by atoms with Crippen molar-refractivity contribution in [2.75, 3.05) is 13.2 Å². The third-order valence-electron chi connectivity index (χ3n) is 17.8. The number of carbonyl (C=O) groups is 2. The first-order chi connectivity index (χ1) is 25.5. The van der Waals surface area contributed by atoms with Crippen molar-refractivity contribution in [2.45, 2.75) is 166 Å². The Hall–Kier alpha value is 2.66. The molecule has 59 heavy (non-hydrogen) atoms. The summed E-state index contributed by atoms with van der Waals surface area (Å²) in [5.41, 5.74) is -9.08. The first-order valence-electron chi connectivity index (χ1n) is 20.2. The molecule has 0 aromatic carbocycles. The molecule has 2 aliphatic heterocycles. The summed E-state index contributed by atoms with van der Waals surface area (Å²) in [5, 5.41) is 112. The van der Waals surface area contributed by atoms with Gasteiger partial charge in [0.1, 0.15) is 23.4 Å². The Labute approximate surface area is 454 Å². The van der Waals surface area contributed by atoms with E-state index >= 15 is 0 Å². The average molecular weight is 1470 g/mol. The van der Waals surface area contributed by atoms with Crippen LogP contribution in [0, 0.1) is 178 Å². The maximum Gasteiger partial charge on any atom is 0.174 e. The van der Waals surface area contributed by atoms with E-state index in [1.54, 1.807) is 69.2 Å². The number of fused-ring (bicyclic) bond motifs is 10. The number of hydrogen-bond acceptors (Lipinski definition) is 14. The number of Topliss-reactive ketones (excluding diaryl/α,β-unsaturated/α-hetero) is 2. The van der Waals surface area contributed by atoms with E-state index in [2.05, 4.69) is 0 Å². The van der Waals surface area contributed by atoms with Gasteiger partial charge in [0.05, 0.1) is 71.9 Å². The summed E-state index contributed by atoms with van der Waals surface area (Å²) in [7, 11) is 0. The molecule has 0 aromatic rings. The number of carbonyl (C=O) groups excluding carboxylic acids is 2. The van der Waals surface area contributed by atoms with Gasteiger partial charge in [-0.05, 0) is 61.8 Å². The third-order valence-corrected chi connectivity index (χ3v) is 17.8. The summed E-state index contributed by atoms with van der Waals surface area (Å²) in [6, 6.07) is 0. The van der Waals surface area contributed by atoms with Crippen LogP contribution < -0.4 is 0 Å². The van der Waals surface area contributed by atoms with Crippen LogP contribution in [-0.4, -0.2) is 147 Å². The maximum absolute atomic E-state index is 13.6. The van der Waals surface area contributed by atoms with Crippen LogP contribution in [0.1, 0.15) is 94.9 Å². The second kappa shape index (κ2) is 17.0. The Bertz CT molecular complexity index is 1660.